The van der Waals surface area contributed by atoms with Crippen LogP contribution in [0.5, 0.6) is 5.75 Å². The van der Waals surface area contributed by atoms with Crippen molar-refractivity contribution in [2.24, 2.45) is 0 Å². The van der Waals surface area contributed by atoms with E-state index in [-0.39, 0.29) is 13.2 Å². The van der Waals surface area contributed by atoms with Crippen molar-refractivity contribution in [1.29, 1.82) is 0 Å². The van der Waals surface area contributed by atoms with Gasteiger partial charge in [0.05, 0.1) is 6.33 Å². The Hall–Kier alpha value is -1.69. The Bertz CT molecular complexity index is 670. The van der Waals surface area contributed by atoms with E-state index in [1.165, 1.54) is 0 Å². The van der Waals surface area contributed by atoms with Gasteiger partial charge in [-0.05, 0) is 42.2 Å². The fraction of sp³-hybridized carbons (Fsp3) is 0.400. The van der Waals surface area contributed by atoms with Gasteiger partial charge in [-0.25, -0.2) is 4.39 Å². The van der Waals surface area contributed by atoms with E-state index >= 15 is 0 Å². The van der Waals surface area contributed by atoms with Crippen molar-refractivity contribution in [3.05, 3.63) is 41.2 Å². The zero-order valence-corrected chi connectivity index (χ0v) is 13.6. The SMILES string of the molecule is CC/C(=C/F)COc1ccc2c(c1)CCN(CP(=O)(O)O)C2=O. The highest BCUT2D eigenvalue weighted by molar-refractivity contribution is 7.51. The summed E-state index contributed by atoms with van der Waals surface area (Å²) >= 11 is 0. The summed E-state index contributed by atoms with van der Waals surface area (Å²) in [4.78, 5) is 31.4. The van der Waals surface area contributed by atoms with Crippen LogP contribution >= 0.6 is 7.60 Å². The van der Waals surface area contributed by atoms with Gasteiger partial charge in [-0.1, -0.05) is 6.92 Å². The van der Waals surface area contributed by atoms with Gasteiger partial charge in [0.1, 0.15) is 18.6 Å². The molecule has 1 aromatic rings. The number of nitrogens with zero attached hydrogens (tertiary/aromatic N) is 1. The van der Waals surface area contributed by atoms with Crippen LogP contribution < -0.4 is 4.74 Å². The Labute approximate surface area is 133 Å². The lowest BCUT2D eigenvalue weighted by Crippen LogP contribution is -2.38. The van der Waals surface area contributed by atoms with E-state index in [4.69, 9.17) is 14.5 Å². The first-order valence-electron chi connectivity index (χ1n) is 7.21. The lowest BCUT2D eigenvalue weighted by atomic mass is 9.99. The van der Waals surface area contributed by atoms with Crippen molar-refractivity contribution >= 4 is 13.5 Å². The van der Waals surface area contributed by atoms with E-state index in [9.17, 15) is 13.8 Å². The first-order chi connectivity index (χ1) is 10.8. The molecule has 0 saturated heterocycles. The Morgan fingerprint density at radius 2 is 2.22 bits per heavy atom. The topological polar surface area (TPSA) is 87.1 Å². The maximum Gasteiger partial charge on any atom is 0.344 e. The van der Waals surface area contributed by atoms with Gasteiger partial charge in [-0.2, -0.15) is 0 Å². The number of carbonyl (C=O) groups is 1. The van der Waals surface area contributed by atoms with Gasteiger partial charge < -0.3 is 19.4 Å². The van der Waals surface area contributed by atoms with E-state index in [1.807, 2.05) is 6.92 Å². The lowest BCUT2D eigenvalue weighted by Gasteiger charge is -2.28. The van der Waals surface area contributed by atoms with E-state index in [2.05, 4.69) is 0 Å². The molecule has 6 nitrogen and oxygen atoms in total. The van der Waals surface area contributed by atoms with Gasteiger partial charge in [0.2, 0.25) is 0 Å². The van der Waals surface area contributed by atoms with Crippen LogP contribution in [0.3, 0.4) is 0 Å². The minimum atomic E-state index is -4.28. The summed E-state index contributed by atoms with van der Waals surface area (Å²) in [5, 5.41) is 0. The van der Waals surface area contributed by atoms with Crippen LogP contribution in [0, 0.1) is 0 Å². The maximum atomic E-state index is 12.5. The third kappa shape index (κ3) is 4.64. The third-order valence-electron chi connectivity index (χ3n) is 3.63. The average Bonchev–Trinajstić information content (AvgIpc) is 2.50. The molecule has 0 fully saturated rings. The standard InChI is InChI=1S/C15H19FNO5P/c1-2-11(8-16)9-22-13-3-4-14-12(7-13)5-6-17(15(14)18)10-23(19,20)21/h3-4,7-8H,2,5-6,9-10H2,1H3,(H2,19,20,21)/b11-8-. The van der Waals surface area contributed by atoms with Crippen LogP contribution in [0.15, 0.2) is 30.1 Å². The Balaban J connectivity index is 2.11. The van der Waals surface area contributed by atoms with Gasteiger partial charge in [0.15, 0.2) is 0 Å². The molecule has 1 aromatic carbocycles. The van der Waals surface area contributed by atoms with Gasteiger partial charge in [0.25, 0.3) is 5.91 Å². The molecule has 0 unspecified atom stereocenters. The highest BCUT2D eigenvalue weighted by Gasteiger charge is 2.29. The number of amides is 1. The van der Waals surface area contributed by atoms with Crippen molar-refractivity contribution < 1.29 is 28.3 Å². The van der Waals surface area contributed by atoms with E-state index < -0.39 is 19.8 Å². The highest BCUT2D eigenvalue weighted by atomic mass is 31.2. The normalized spacial score (nSPS) is 15.6. The predicted molar refractivity (Wildman–Crippen MR) is 83.1 cm³/mol. The molecule has 0 saturated carbocycles. The summed E-state index contributed by atoms with van der Waals surface area (Å²) in [5.41, 5.74) is 1.71. The van der Waals surface area contributed by atoms with Gasteiger partial charge >= 0.3 is 7.60 Å². The molecule has 1 aliphatic heterocycles. The van der Waals surface area contributed by atoms with E-state index in [0.717, 1.165) is 10.5 Å². The molecule has 1 aliphatic rings. The molecule has 0 atom stereocenters. The predicted octanol–water partition coefficient (Wildman–Crippen LogP) is 2.46. The maximum absolute atomic E-state index is 12.5. The number of carbonyl (C=O) groups excluding carboxylic acids is 1. The molecular formula is C15H19FNO5P. The second-order valence-corrected chi connectivity index (χ2v) is 6.97. The molecule has 0 aromatic heterocycles. The third-order valence-corrected chi connectivity index (χ3v) is 4.34. The van der Waals surface area contributed by atoms with Crippen LogP contribution in [0.4, 0.5) is 4.39 Å². The van der Waals surface area contributed by atoms with Crippen LogP contribution in [-0.4, -0.2) is 40.0 Å². The number of halogens is 1. The van der Waals surface area contributed by atoms with Crippen molar-refractivity contribution in [2.45, 2.75) is 19.8 Å². The smallest absolute Gasteiger partial charge is 0.344 e. The molecule has 0 aliphatic carbocycles. The number of hydrogen-bond donors (Lipinski definition) is 2. The minimum absolute atomic E-state index is 0.143. The average molecular weight is 343 g/mol. The Kier molecular flexibility index (Phi) is 5.57. The lowest BCUT2D eigenvalue weighted by molar-refractivity contribution is 0.0757. The number of benzene rings is 1. The number of rotatable bonds is 6. The van der Waals surface area contributed by atoms with Crippen molar-refractivity contribution in [1.82, 2.24) is 4.90 Å². The monoisotopic (exact) mass is 343 g/mol. The summed E-state index contributed by atoms with van der Waals surface area (Å²) in [7, 11) is -4.28. The largest absolute Gasteiger partial charge is 0.489 e. The summed E-state index contributed by atoms with van der Waals surface area (Å²) in [6.45, 7) is 2.21. The van der Waals surface area contributed by atoms with Crippen LogP contribution in [0.25, 0.3) is 0 Å². The summed E-state index contributed by atoms with van der Waals surface area (Å²) in [6, 6.07) is 4.89. The van der Waals surface area contributed by atoms with Crippen molar-refractivity contribution in [3.8, 4) is 5.75 Å². The van der Waals surface area contributed by atoms with Gasteiger partial charge in [-0.15, -0.1) is 0 Å². The zero-order valence-electron chi connectivity index (χ0n) is 12.7. The molecule has 23 heavy (non-hydrogen) atoms. The van der Waals surface area contributed by atoms with Crippen molar-refractivity contribution in [2.75, 3.05) is 19.4 Å². The molecule has 2 rings (SSSR count). The molecule has 0 radical (unpaired) electrons. The summed E-state index contributed by atoms with van der Waals surface area (Å²) < 4.78 is 29.1. The second-order valence-electron chi connectivity index (χ2n) is 5.35. The molecule has 126 valence electrons. The minimum Gasteiger partial charge on any atom is -0.489 e. The van der Waals surface area contributed by atoms with Crippen LogP contribution in [0.1, 0.15) is 29.3 Å². The summed E-state index contributed by atoms with van der Waals surface area (Å²) in [6.07, 6.45) is 0.988. The fourth-order valence-electron chi connectivity index (χ4n) is 2.35. The summed E-state index contributed by atoms with van der Waals surface area (Å²) in [5.74, 6) is 0.131. The molecule has 2 N–H and O–H groups in total. The quantitative estimate of drug-likeness (QED) is 0.775. The molecule has 0 bridgehead atoms. The molecule has 1 heterocycles. The van der Waals surface area contributed by atoms with Gasteiger partial charge in [-0.3, -0.25) is 9.36 Å². The fourth-order valence-corrected chi connectivity index (χ4v) is 3.06. The first kappa shape index (κ1) is 17.7. The van der Waals surface area contributed by atoms with E-state index in [0.29, 0.717) is 36.1 Å². The number of ether oxygens (including phenoxy) is 1. The molecule has 0 spiro atoms. The Morgan fingerprint density at radius 3 is 2.83 bits per heavy atom. The first-order valence-corrected chi connectivity index (χ1v) is 9.01. The molecule has 1 amide bonds. The molecular weight excluding hydrogens is 324 g/mol. The highest BCUT2D eigenvalue weighted by Crippen LogP contribution is 2.37. The number of fused-ring (bicyclic) bond motifs is 1. The van der Waals surface area contributed by atoms with Crippen LogP contribution in [-0.2, 0) is 11.0 Å². The van der Waals surface area contributed by atoms with Crippen LogP contribution in [0.2, 0.25) is 0 Å². The van der Waals surface area contributed by atoms with E-state index in [1.54, 1.807) is 18.2 Å². The van der Waals surface area contributed by atoms with Crippen molar-refractivity contribution in [3.63, 3.8) is 0 Å². The molecule has 8 heteroatoms. The zero-order chi connectivity index (χ0) is 17.0. The number of hydrogen-bond acceptors (Lipinski definition) is 3. The van der Waals surface area contributed by atoms with Gasteiger partial charge in [0, 0.05) is 12.1 Å². The second kappa shape index (κ2) is 7.25. The Morgan fingerprint density at radius 1 is 1.48 bits per heavy atom.